The van der Waals surface area contributed by atoms with Crippen LogP contribution in [0.25, 0.3) is 10.8 Å². The summed E-state index contributed by atoms with van der Waals surface area (Å²) >= 11 is 0. The summed E-state index contributed by atoms with van der Waals surface area (Å²) in [5.41, 5.74) is 2.22. The number of benzene rings is 2. The van der Waals surface area contributed by atoms with E-state index in [0.717, 1.165) is 55.1 Å². The molecule has 2 saturated carbocycles. The molecule has 4 heteroatoms. The predicted molar refractivity (Wildman–Crippen MR) is 132 cm³/mol. The second-order valence-electron chi connectivity index (χ2n) is 11.4. The molecule has 172 valence electrons. The summed E-state index contributed by atoms with van der Waals surface area (Å²) in [7, 11) is 0. The molecule has 0 radical (unpaired) electrons. The molecular formula is C29H34N2O2. The van der Waals surface area contributed by atoms with Crippen LogP contribution in [0.1, 0.15) is 52.4 Å². The predicted octanol–water partition coefficient (Wildman–Crippen LogP) is 5.69. The van der Waals surface area contributed by atoms with Gasteiger partial charge in [0.05, 0.1) is 0 Å². The van der Waals surface area contributed by atoms with E-state index in [4.69, 9.17) is 0 Å². The van der Waals surface area contributed by atoms with Crippen molar-refractivity contribution in [3.05, 3.63) is 54.2 Å². The Morgan fingerprint density at radius 3 is 2.70 bits per heavy atom. The molecule has 0 bridgehead atoms. The summed E-state index contributed by atoms with van der Waals surface area (Å²) < 4.78 is 0. The summed E-state index contributed by atoms with van der Waals surface area (Å²) in [4.78, 5) is 25.7. The number of nitrogens with one attached hydrogen (secondary N) is 2. The average molecular weight is 443 g/mol. The fraction of sp³-hybridized carbons (Fsp3) is 0.517. The van der Waals surface area contributed by atoms with Gasteiger partial charge in [0, 0.05) is 47.1 Å². The first-order chi connectivity index (χ1) is 15.9. The van der Waals surface area contributed by atoms with Crippen LogP contribution >= 0.6 is 0 Å². The summed E-state index contributed by atoms with van der Waals surface area (Å²) in [5, 5.41) is 9.24. The Morgan fingerprint density at radius 1 is 1.00 bits per heavy atom. The van der Waals surface area contributed by atoms with Gasteiger partial charge in [-0.3, -0.25) is 9.59 Å². The average Bonchev–Trinajstić information content (AvgIpc) is 3.17. The van der Waals surface area contributed by atoms with Crippen LogP contribution in [0.4, 0.5) is 5.69 Å². The maximum Gasteiger partial charge on any atom is 0.228 e. The molecule has 6 atom stereocenters. The Morgan fingerprint density at radius 2 is 1.82 bits per heavy atom. The zero-order valence-corrected chi connectivity index (χ0v) is 19.7. The Hall–Kier alpha value is -2.62. The van der Waals surface area contributed by atoms with Crippen LogP contribution in [-0.2, 0) is 9.59 Å². The molecule has 1 saturated heterocycles. The lowest BCUT2D eigenvalue weighted by Crippen LogP contribution is -2.57. The number of carbonyl (C=O) groups excluding carboxylic acids is 2. The minimum absolute atomic E-state index is 0.0412. The Balaban J connectivity index is 1.25. The topological polar surface area (TPSA) is 58.2 Å². The van der Waals surface area contributed by atoms with Crippen LogP contribution in [0.2, 0.25) is 0 Å². The van der Waals surface area contributed by atoms with Crippen molar-refractivity contribution in [2.75, 3.05) is 11.9 Å². The van der Waals surface area contributed by atoms with E-state index in [9.17, 15) is 9.59 Å². The standard InChI is InChI=1S/C29H34N2O2/c1-28-15-13-23-21(17-30-26-16-19(32)12-14-29(23,26)2)22(28)10-11-24(28)27(33)31-25-9-5-7-18-6-3-4-8-20(18)25/h3-9,16,21-24,30H,10-15,17H2,1-2H3,(H,31,33)/t21-,22-,23-,24+,28-,29+/m0/s1. The molecule has 3 aliphatic carbocycles. The molecule has 3 fully saturated rings. The van der Waals surface area contributed by atoms with E-state index >= 15 is 0 Å². The maximum atomic E-state index is 13.6. The number of rotatable bonds is 2. The van der Waals surface area contributed by atoms with Crippen molar-refractivity contribution in [3.8, 4) is 0 Å². The van der Waals surface area contributed by atoms with Crippen molar-refractivity contribution in [2.45, 2.75) is 52.4 Å². The van der Waals surface area contributed by atoms with Gasteiger partial charge in [0.25, 0.3) is 0 Å². The number of ketones is 1. The van der Waals surface area contributed by atoms with E-state index in [1.165, 1.54) is 5.70 Å². The molecule has 1 heterocycles. The number of hydrogen-bond donors (Lipinski definition) is 2. The highest BCUT2D eigenvalue weighted by atomic mass is 16.2. The van der Waals surface area contributed by atoms with E-state index < -0.39 is 0 Å². The van der Waals surface area contributed by atoms with E-state index in [0.29, 0.717) is 24.2 Å². The van der Waals surface area contributed by atoms with Gasteiger partial charge in [-0.05, 0) is 66.7 Å². The maximum absolute atomic E-state index is 13.6. The molecule has 33 heavy (non-hydrogen) atoms. The van der Waals surface area contributed by atoms with E-state index in [2.05, 4.69) is 42.7 Å². The highest BCUT2D eigenvalue weighted by Gasteiger charge is 2.60. The summed E-state index contributed by atoms with van der Waals surface area (Å²) in [5.74, 6) is 2.25. The second kappa shape index (κ2) is 7.44. The number of hydrogen-bond acceptors (Lipinski definition) is 3. The van der Waals surface area contributed by atoms with Gasteiger partial charge in [-0.2, -0.15) is 0 Å². The highest BCUT2D eigenvalue weighted by Crippen LogP contribution is 2.64. The fourth-order valence-electron chi connectivity index (χ4n) is 8.13. The van der Waals surface area contributed by atoms with Crippen LogP contribution in [0, 0.1) is 34.5 Å². The molecule has 2 N–H and O–H groups in total. The quantitative estimate of drug-likeness (QED) is 0.628. The number of carbonyl (C=O) groups is 2. The number of anilines is 1. The van der Waals surface area contributed by atoms with Crippen molar-refractivity contribution < 1.29 is 9.59 Å². The van der Waals surface area contributed by atoms with Crippen LogP contribution in [-0.4, -0.2) is 18.2 Å². The number of allylic oxidation sites excluding steroid dienone is 2. The summed E-state index contributed by atoms with van der Waals surface area (Å²) in [6, 6.07) is 14.4. The monoisotopic (exact) mass is 442 g/mol. The van der Waals surface area contributed by atoms with Crippen molar-refractivity contribution in [1.82, 2.24) is 5.32 Å². The zero-order valence-electron chi connectivity index (χ0n) is 19.7. The van der Waals surface area contributed by atoms with Gasteiger partial charge in [0.15, 0.2) is 5.78 Å². The van der Waals surface area contributed by atoms with E-state index in [-0.39, 0.29) is 28.4 Å². The van der Waals surface area contributed by atoms with Crippen LogP contribution < -0.4 is 10.6 Å². The van der Waals surface area contributed by atoms with E-state index in [1.54, 1.807) is 0 Å². The molecule has 1 aliphatic heterocycles. The van der Waals surface area contributed by atoms with Crippen LogP contribution in [0.3, 0.4) is 0 Å². The lowest BCUT2D eigenvalue weighted by atomic mass is 9.50. The van der Waals surface area contributed by atoms with Crippen molar-refractivity contribution in [1.29, 1.82) is 0 Å². The summed E-state index contributed by atoms with van der Waals surface area (Å²) in [6.45, 7) is 5.70. The first kappa shape index (κ1) is 20.9. The van der Waals surface area contributed by atoms with Gasteiger partial charge in [-0.1, -0.05) is 50.2 Å². The SMILES string of the molecule is C[C@]12CC[C@H]3[C@@H](CNC4=CC(=O)CC[C@@]43C)[C@@H]1CC[C@@H]2C(=O)Nc1cccc2ccccc12. The fourth-order valence-corrected chi connectivity index (χ4v) is 8.13. The van der Waals surface area contributed by atoms with Gasteiger partial charge in [0.1, 0.15) is 0 Å². The third kappa shape index (κ3) is 3.09. The van der Waals surface area contributed by atoms with Gasteiger partial charge in [-0.25, -0.2) is 0 Å². The Bertz CT molecular complexity index is 1160. The molecule has 0 unspecified atom stereocenters. The van der Waals surface area contributed by atoms with Gasteiger partial charge in [0.2, 0.25) is 5.91 Å². The minimum Gasteiger partial charge on any atom is -0.387 e. The smallest absolute Gasteiger partial charge is 0.228 e. The molecule has 2 aromatic carbocycles. The normalized spacial score (nSPS) is 37.4. The first-order valence-corrected chi connectivity index (χ1v) is 12.7. The number of piperidine rings is 1. The molecule has 4 aliphatic rings. The molecule has 6 rings (SSSR count). The minimum atomic E-state index is 0.0412. The van der Waals surface area contributed by atoms with Gasteiger partial charge >= 0.3 is 0 Å². The molecule has 2 aromatic rings. The second-order valence-corrected chi connectivity index (χ2v) is 11.4. The molecule has 0 aromatic heterocycles. The third-order valence-corrected chi connectivity index (χ3v) is 9.96. The Kier molecular flexibility index (Phi) is 4.73. The highest BCUT2D eigenvalue weighted by molar-refractivity contribution is 6.03. The van der Waals surface area contributed by atoms with Gasteiger partial charge in [-0.15, -0.1) is 0 Å². The van der Waals surface area contributed by atoms with Gasteiger partial charge < -0.3 is 10.6 Å². The molecule has 0 spiro atoms. The Labute approximate surface area is 196 Å². The van der Waals surface area contributed by atoms with E-state index in [1.807, 2.05) is 30.3 Å². The van der Waals surface area contributed by atoms with Crippen LogP contribution in [0.15, 0.2) is 54.2 Å². The third-order valence-electron chi connectivity index (χ3n) is 9.96. The molecule has 4 nitrogen and oxygen atoms in total. The molecular weight excluding hydrogens is 408 g/mol. The van der Waals surface area contributed by atoms with Crippen molar-refractivity contribution in [2.24, 2.45) is 34.5 Å². The molecule has 1 amide bonds. The van der Waals surface area contributed by atoms with Crippen molar-refractivity contribution >= 4 is 28.2 Å². The number of fused-ring (bicyclic) bond motifs is 6. The first-order valence-electron chi connectivity index (χ1n) is 12.7. The lowest BCUT2D eigenvalue weighted by molar-refractivity contribution is -0.127. The van der Waals surface area contributed by atoms with Crippen LogP contribution in [0.5, 0.6) is 0 Å². The largest absolute Gasteiger partial charge is 0.387 e. The lowest BCUT2D eigenvalue weighted by Gasteiger charge is -2.58. The zero-order chi connectivity index (χ0) is 22.8. The van der Waals surface area contributed by atoms with Crippen molar-refractivity contribution in [3.63, 3.8) is 0 Å². The summed E-state index contributed by atoms with van der Waals surface area (Å²) in [6.07, 6.45) is 7.86. The number of amides is 1.